The highest BCUT2D eigenvalue weighted by Gasteiger charge is 2.19. The van der Waals surface area contributed by atoms with E-state index in [1.165, 1.54) is 6.07 Å². The Morgan fingerprint density at radius 2 is 1.79 bits per heavy atom. The first kappa shape index (κ1) is 13.5. The van der Waals surface area contributed by atoms with Gasteiger partial charge in [-0.1, -0.05) is 32.4 Å². The van der Waals surface area contributed by atoms with Gasteiger partial charge in [-0.3, -0.25) is 0 Å². The van der Waals surface area contributed by atoms with E-state index >= 15 is 0 Å². The summed E-state index contributed by atoms with van der Waals surface area (Å²) in [4.78, 5) is 8.67. The van der Waals surface area contributed by atoms with Crippen LogP contribution < -0.4 is 5.73 Å². The quantitative estimate of drug-likeness (QED) is 0.853. The van der Waals surface area contributed by atoms with Crippen LogP contribution >= 0.6 is 0 Å². The molecule has 100 valence electrons. The zero-order valence-electron chi connectivity index (χ0n) is 11.7. The molecule has 0 saturated heterocycles. The molecule has 0 bridgehead atoms. The fourth-order valence-corrected chi connectivity index (χ4v) is 1.77. The van der Waals surface area contributed by atoms with Crippen molar-refractivity contribution in [1.82, 2.24) is 9.97 Å². The van der Waals surface area contributed by atoms with Gasteiger partial charge in [0.1, 0.15) is 17.5 Å². The summed E-state index contributed by atoms with van der Waals surface area (Å²) in [6, 6.07) is 6.55. The van der Waals surface area contributed by atoms with Crippen molar-refractivity contribution in [2.75, 3.05) is 5.73 Å². The van der Waals surface area contributed by atoms with E-state index in [0.29, 0.717) is 22.9 Å². The summed E-state index contributed by atoms with van der Waals surface area (Å²) in [6.07, 6.45) is 0. The van der Waals surface area contributed by atoms with Crippen LogP contribution in [-0.2, 0) is 5.41 Å². The van der Waals surface area contributed by atoms with E-state index in [1.54, 1.807) is 18.2 Å². The highest BCUT2D eigenvalue weighted by atomic mass is 19.1. The van der Waals surface area contributed by atoms with Crippen molar-refractivity contribution in [3.05, 3.63) is 41.5 Å². The molecule has 0 aliphatic rings. The van der Waals surface area contributed by atoms with E-state index in [-0.39, 0.29) is 11.2 Å². The lowest BCUT2D eigenvalue weighted by Gasteiger charge is -2.18. The van der Waals surface area contributed by atoms with E-state index < -0.39 is 0 Å². The molecule has 19 heavy (non-hydrogen) atoms. The number of benzene rings is 1. The van der Waals surface area contributed by atoms with Gasteiger partial charge < -0.3 is 5.73 Å². The van der Waals surface area contributed by atoms with Gasteiger partial charge in [0.25, 0.3) is 0 Å². The Hall–Kier alpha value is -1.97. The minimum atomic E-state index is -0.302. The van der Waals surface area contributed by atoms with Crippen molar-refractivity contribution in [3.8, 4) is 11.3 Å². The molecule has 4 heteroatoms. The molecular weight excluding hydrogens is 241 g/mol. The average molecular weight is 259 g/mol. The Morgan fingerprint density at radius 1 is 1.11 bits per heavy atom. The number of hydrogen-bond donors (Lipinski definition) is 1. The Bertz CT molecular complexity index is 615. The molecule has 0 unspecified atom stereocenters. The molecular formula is C15H18FN3. The molecule has 0 aliphatic carbocycles. The number of anilines is 1. The van der Waals surface area contributed by atoms with Crippen molar-refractivity contribution in [1.29, 1.82) is 0 Å². The van der Waals surface area contributed by atoms with E-state index in [0.717, 1.165) is 5.56 Å². The number of nitrogen functional groups attached to an aromatic ring is 1. The third kappa shape index (κ3) is 2.89. The van der Waals surface area contributed by atoms with E-state index in [9.17, 15) is 4.39 Å². The molecule has 0 radical (unpaired) electrons. The molecule has 0 saturated carbocycles. The van der Waals surface area contributed by atoms with Gasteiger partial charge in [-0.25, -0.2) is 14.4 Å². The second-order valence-electron chi connectivity index (χ2n) is 5.73. The van der Waals surface area contributed by atoms with Gasteiger partial charge in [0, 0.05) is 17.0 Å². The van der Waals surface area contributed by atoms with Crippen LogP contribution in [0, 0.1) is 12.7 Å². The lowest BCUT2D eigenvalue weighted by Crippen LogP contribution is -2.17. The first-order valence-electron chi connectivity index (χ1n) is 6.19. The summed E-state index contributed by atoms with van der Waals surface area (Å²) in [5.41, 5.74) is 7.54. The molecule has 1 heterocycles. The van der Waals surface area contributed by atoms with Gasteiger partial charge in [-0.05, 0) is 19.1 Å². The number of nitrogens with zero attached hydrogens (tertiary/aromatic N) is 2. The molecule has 2 N–H and O–H groups in total. The zero-order valence-corrected chi connectivity index (χ0v) is 11.7. The van der Waals surface area contributed by atoms with Crippen molar-refractivity contribution in [3.63, 3.8) is 0 Å². The van der Waals surface area contributed by atoms with E-state index in [1.807, 2.05) is 27.7 Å². The molecule has 0 amide bonds. The van der Waals surface area contributed by atoms with Crippen molar-refractivity contribution in [2.45, 2.75) is 33.1 Å². The Labute approximate surface area is 112 Å². The molecule has 1 aromatic heterocycles. The number of halogens is 1. The van der Waals surface area contributed by atoms with Gasteiger partial charge in [0.15, 0.2) is 0 Å². The molecule has 0 atom stereocenters. The minimum absolute atomic E-state index is 0.232. The first-order chi connectivity index (χ1) is 8.77. The van der Waals surface area contributed by atoms with Crippen LogP contribution in [0.4, 0.5) is 10.2 Å². The Kier molecular flexibility index (Phi) is 3.27. The second-order valence-corrected chi connectivity index (χ2v) is 5.73. The summed E-state index contributed by atoms with van der Waals surface area (Å²) in [5, 5.41) is 0. The summed E-state index contributed by atoms with van der Waals surface area (Å²) in [6.45, 7) is 7.91. The molecule has 0 fully saturated rings. The fourth-order valence-electron chi connectivity index (χ4n) is 1.77. The second kappa shape index (κ2) is 4.61. The maximum atomic E-state index is 13.9. The number of nitrogens with two attached hydrogens (primary N) is 1. The van der Waals surface area contributed by atoms with Gasteiger partial charge in [-0.2, -0.15) is 0 Å². The van der Waals surface area contributed by atoms with E-state index in [2.05, 4.69) is 9.97 Å². The highest BCUT2D eigenvalue weighted by Crippen LogP contribution is 2.26. The third-order valence-electron chi connectivity index (χ3n) is 2.81. The third-order valence-corrected chi connectivity index (χ3v) is 2.81. The summed E-state index contributed by atoms with van der Waals surface area (Å²) in [7, 11) is 0. The van der Waals surface area contributed by atoms with Gasteiger partial charge >= 0.3 is 0 Å². The summed E-state index contributed by atoms with van der Waals surface area (Å²) in [5.74, 6) is 0.669. The van der Waals surface area contributed by atoms with E-state index in [4.69, 9.17) is 5.73 Å². The van der Waals surface area contributed by atoms with Crippen LogP contribution in [0.5, 0.6) is 0 Å². The lowest BCUT2D eigenvalue weighted by atomic mass is 9.95. The topological polar surface area (TPSA) is 51.8 Å². The number of aryl methyl sites for hydroxylation is 1. The van der Waals surface area contributed by atoms with Crippen LogP contribution in [0.15, 0.2) is 24.3 Å². The van der Waals surface area contributed by atoms with Gasteiger partial charge in [0.05, 0.1) is 5.69 Å². The maximum absolute atomic E-state index is 13.9. The van der Waals surface area contributed by atoms with Crippen molar-refractivity contribution in [2.24, 2.45) is 0 Å². The van der Waals surface area contributed by atoms with Crippen LogP contribution in [0.2, 0.25) is 0 Å². The predicted molar refractivity (Wildman–Crippen MR) is 75.3 cm³/mol. The normalized spacial score (nSPS) is 11.6. The highest BCUT2D eigenvalue weighted by molar-refractivity contribution is 5.63. The summed E-state index contributed by atoms with van der Waals surface area (Å²) >= 11 is 0. The zero-order chi connectivity index (χ0) is 14.2. The Balaban J connectivity index is 2.63. The number of hydrogen-bond acceptors (Lipinski definition) is 3. The average Bonchev–Trinajstić information content (AvgIpc) is 2.30. The van der Waals surface area contributed by atoms with Crippen LogP contribution in [0.3, 0.4) is 0 Å². The SMILES string of the molecule is Cc1ccc(F)c(-c2cc(N)nc(C(C)(C)C)n2)c1. The first-order valence-corrected chi connectivity index (χ1v) is 6.19. The molecule has 2 rings (SSSR count). The van der Waals surface area contributed by atoms with Crippen LogP contribution in [0.25, 0.3) is 11.3 Å². The molecule has 3 nitrogen and oxygen atoms in total. The fraction of sp³-hybridized carbons (Fsp3) is 0.333. The molecule has 2 aromatic rings. The molecule has 0 aliphatic heterocycles. The number of rotatable bonds is 1. The largest absolute Gasteiger partial charge is 0.384 e. The van der Waals surface area contributed by atoms with Gasteiger partial charge in [0.2, 0.25) is 0 Å². The molecule has 0 spiro atoms. The molecule has 1 aromatic carbocycles. The Morgan fingerprint density at radius 3 is 2.42 bits per heavy atom. The maximum Gasteiger partial charge on any atom is 0.136 e. The summed E-state index contributed by atoms with van der Waals surface area (Å²) < 4.78 is 13.9. The predicted octanol–water partition coefficient (Wildman–Crippen LogP) is 3.47. The van der Waals surface area contributed by atoms with Crippen molar-refractivity contribution < 1.29 is 4.39 Å². The smallest absolute Gasteiger partial charge is 0.136 e. The van der Waals surface area contributed by atoms with Crippen LogP contribution in [0.1, 0.15) is 32.2 Å². The monoisotopic (exact) mass is 259 g/mol. The number of aromatic nitrogens is 2. The standard InChI is InChI=1S/C15H18FN3/c1-9-5-6-11(16)10(7-9)12-8-13(17)19-14(18-12)15(2,3)4/h5-8H,1-4H3,(H2,17,18,19). The van der Waals surface area contributed by atoms with Gasteiger partial charge in [-0.15, -0.1) is 0 Å². The minimum Gasteiger partial charge on any atom is -0.384 e. The van der Waals surface area contributed by atoms with Crippen molar-refractivity contribution >= 4 is 5.82 Å². The van der Waals surface area contributed by atoms with Crippen LogP contribution in [-0.4, -0.2) is 9.97 Å². The lowest BCUT2D eigenvalue weighted by molar-refractivity contribution is 0.546.